The Morgan fingerprint density at radius 2 is 2.22 bits per heavy atom. The van der Waals surface area contributed by atoms with Gasteiger partial charge >= 0.3 is 0 Å². The van der Waals surface area contributed by atoms with Gasteiger partial charge < -0.3 is 15.2 Å². The third-order valence-electron chi connectivity index (χ3n) is 3.77. The van der Waals surface area contributed by atoms with Crippen molar-refractivity contribution in [3.05, 3.63) is 35.8 Å². The number of pyridine rings is 1. The minimum atomic E-state index is -0.0146. The summed E-state index contributed by atoms with van der Waals surface area (Å²) in [4.78, 5) is 4.20. The fourth-order valence-corrected chi connectivity index (χ4v) is 2.44. The van der Waals surface area contributed by atoms with Gasteiger partial charge in [0, 0.05) is 43.0 Å². The maximum absolute atomic E-state index is 8.40. The van der Waals surface area contributed by atoms with Gasteiger partial charge in [-0.2, -0.15) is 5.10 Å². The molecule has 1 unspecified atom stereocenters. The van der Waals surface area contributed by atoms with Gasteiger partial charge in [-0.3, -0.25) is 10.1 Å². The minimum Gasteiger partial charge on any atom is -0.475 e. The first-order chi connectivity index (χ1) is 11.1. The van der Waals surface area contributed by atoms with Gasteiger partial charge in [0.05, 0.1) is 36.5 Å². The molecular formula is C16H21N5O2. The molecule has 7 nitrogen and oxygen atoms in total. The molecule has 122 valence electrons. The summed E-state index contributed by atoms with van der Waals surface area (Å²) in [5, 5.41) is 12.7. The van der Waals surface area contributed by atoms with E-state index in [-0.39, 0.29) is 6.10 Å². The second-order valence-corrected chi connectivity index (χ2v) is 5.66. The summed E-state index contributed by atoms with van der Waals surface area (Å²) in [6, 6.07) is 1.71. The van der Waals surface area contributed by atoms with Crippen LogP contribution in [-0.4, -0.2) is 39.8 Å². The van der Waals surface area contributed by atoms with E-state index in [0.29, 0.717) is 36.1 Å². The highest BCUT2D eigenvalue weighted by atomic mass is 16.5. The number of hydrogen-bond acceptors (Lipinski definition) is 6. The zero-order valence-corrected chi connectivity index (χ0v) is 13.2. The number of nitrogens with two attached hydrogens (primary N) is 1. The quantitative estimate of drug-likeness (QED) is 0.773. The number of nitrogen functional groups attached to an aromatic ring is 1. The molecule has 2 aromatic rings. The Morgan fingerprint density at radius 1 is 1.35 bits per heavy atom. The molecule has 0 aromatic carbocycles. The Kier molecular flexibility index (Phi) is 4.57. The third kappa shape index (κ3) is 3.68. The molecule has 3 N–H and O–H groups in total. The predicted molar refractivity (Wildman–Crippen MR) is 87.0 cm³/mol. The van der Waals surface area contributed by atoms with Gasteiger partial charge in [0.25, 0.3) is 0 Å². The van der Waals surface area contributed by atoms with Gasteiger partial charge in [0.2, 0.25) is 5.88 Å². The van der Waals surface area contributed by atoms with Crippen molar-refractivity contribution < 1.29 is 9.47 Å². The first kappa shape index (κ1) is 15.5. The van der Waals surface area contributed by atoms with E-state index in [4.69, 9.17) is 20.6 Å². The summed E-state index contributed by atoms with van der Waals surface area (Å²) in [7, 11) is 0. The highest BCUT2D eigenvalue weighted by Crippen LogP contribution is 2.21. The van der Waals surface area contributed by atoms with E-state index in [0.717, 1.165) is 24.9 Å². The lowest BCUT2D eigenvalue weighted by atomic mass is 10.1. The maximum atomic E-state index is 8.40. The van der Waals surface area contributed by atoms with E-state index in [1.54, 1.807) is 12.3 Å². The van der Waals surface area contributed by atoms with Gasteiger partial charge in [0.1, 0.15) is 0 Å². The van der Waals surface area contributed by atoms with Crippen LogP contribution in [-0.2, 0) is 11.3 Å². The van der Waals surface area contributed by atoms with E-state index in [1.165, 1.54) is 6.20 Å². The van der Waals surface area contributed by atoms with Gasteiger partial charge in [-0.25, -0.2) is 4.98 Å². The van der Waals surface area contributed by atoms with Gasteiger partial charge in [-0.15, -0.1) is 0 Å². The lowest BCUT2D eigenvalue weighted by molar-refractivity contribution is 0.0925. The topological polar surface area (TPSA) is 99.0 Å². The fraction of sp³-hybridized carbons (Fsp3) is 0.438. The van der Waals surface area contributed by atoms with Crippen molar-refractivity contribution >= 4 is 11.4 Å². The lowest BCUT2D eigenvalue weighted by Gasteiger charge is -2.15. The van der Waals surface area contributed by atoms with Crippen molar-refractivity contribution in [3.8, 4) is 5.88 Å². The molecule has 0 radical (unpaired) electrons. The highest BCUT2D eigenvalue weighted by molar-refractivity contribution is 6.13. The molecule has 0 saturated heterocycles. The SMILES string of the molecule is CC1CCOCCCn2cc(cn2)C(=N)c2cc(ncc2N)O1. The van der Waals surface area contributed by atoms with Crippen molar-refractivity contribution in [1.82, 2.24) is 14.8 Å². The average Bonchev–Trinajstić information content (AvgIpc) is 3.00. The molecule has 1 aliphatic heterocycles. The van der Waals surface area contributed by atoms with Crippen LogP contribution in [0.3, 0.4) is 0 Å². The molecule has 3 heterocycles. The van der Waals surface area contributed by atoms with Crippen molar-refractivity contribution in [2.45, 2.75) is 32.4 Å². The average molecular weight is 315 g/mol. The summed E-state index contributed by atoms with van der Waals surface area (Å²) in [6.45, 7) is 4.06. The Labute approximate surface area is 134 Å². The normalized spacial score (nSPS) is 19.5. The van der Waals surface area contributed by atoms with E-state index in [1.807, 2.05) is 17.8 Å². The molecule has 0 fully saturated rings. The zero-order chi connectivity index (χ0) is 16.2. The molecule has 0 aliphatic carbocycles. The number of nitrogens with one attached hydrogen (secondary N) is 1. The summed E-state index contributed by atoms with van der Waals surface area (Å²) in [6.07, 6.45) is 6.71. The smallest absolute Gasteiger partial charge is 0.214 e. The molecule has 1 atom stereocenters. The van der Waals surface area contributed by atoms with Crippen molar-refractivity contribution in [3.63, 3.8) is 0 Å². The summed E-state index contributed by atoms with van der Waals surface area (Å²) >= 11 is 0. The third-order valence-corrected chi connectivity index (χ3v) is 3.77. The van der Waals surface area contributed by atoms with E-state index >= 15 is 0 Å². The van der Waals surface area contributed by atoms with Crippen LogP contribution < -0.4 is 10.5 Å². The van der Waals surface area contributed by atoms with Crippen molar-refractivity contribution in [2.75, 3.05) is 18.9 Å². The monoisotopic (exact) mass is 315 g/mol. The number of aromatic nitrogens is 3. The molecule has 4 bridgehead atoms. The largest absolute Gasteiger partial charge is 0.475 e. The fourth-order valence-electron chi connectivity index (χ4n) is 2.44. The van der Waals surface area contributed by atoms with Gasteiger partial charge in [-0.1, -0.05) is 0 Å². The maximum Gasteiger partial charge on any atom is 0.214 e. The molecule has 0 amide bonds. The number of nitrogens with zero attached hydrogens (tertiary/aromatic N) is 3. The number of fused-ring (bicyclic) bond motifs is 4. The molecule has 1 aliphatic rings. The number of hydrogen-bond donors (Lipinski definition) is 2. The van der Waals surface area contributed by atoms with E-state index in [9.17, 15) is 0 Å². The van der Waals surface area contributed by atoms with Crippen LogP contribution in [0.15, 0.2) is 24.7 Å². The molecule has 3 rings (SSSR count). The molecule has 7 heteroatoms. The van der Waals surface area contributed by atoms with Crippen LogP contribution in [0.25, 0.3) is 0 Å². The van der Waals surface area contributed by atoms with Crippen LogP contribution in [0.2, 0.25) is 0 Å². The first-order valence-corrected chi connectivity index (χ1v) is 7.75. The second-order valence-electron chi connectivity index (χ2n) is 5.66. The van der Waals surface area contributed by atoms with Crippen LogP contribution in [0.5, 0.6) is 5.88 Å². The molecular weight excluding hydrogens is 294 g/mol. The number of anilines is 1. The minimum absolute atomic E-state index is 0.0146. The Balaban J connectivity index is 1.93. The first-order valence-electron chi connectivity index (χ1n) is 7.75. The van der Waals surface area contributed by atoms with Crippen LogP contribution in [0.1, 0.15) is 30.9 Å². The van der Waals surface area contributed by atoms with Crippen LogP contribution >= 0.6 is 0 Å². The van der Waals surface area contributed by atoms with Crippen molar-refractivity contribution in [2.24, 2.45) is 0 Å². The predicted octanol–water partition coefficient (Wildman–Crippen LogP) is 1.85. The summed E-state index contributed by atoms with van der Waals surface area (Å²) in [5.41, 5.74) is 8.08. The molecule has 23 heavy (non-hydrogen) atoms. The molecule has 0 saturated carbocycles. The van der Waals surface area contributed by atoms with Crippen LogP contribution in [0.4, 0.5) is 5.69 Å². The van der Waals surface area contributed by atoms with Gasteiger partial charge in [0.15, 0.2) is 0 Å². The number of ether oxygens (including phenoxy) is 2. The summed E-state index contributed by atoms with van der Waals surface area (Å²) < 4.78 is 13.3. The van der Waals surface area contributed by atoms with E-state index in [2.05, 4.69) is 10.1 Å². The van der Waals surface area contributed by atoms with Crippen molar-refractivity contribution in [1.29, 1.82) is 5.41 Å². The summed E-state index contributed by atoms with van der Waals surface area (Å²) in [5.74, 6) is 0.466. The second kappa shape index (κ2) is 6.78. The zero-order valence-electron chi connectivity index (χ0n) is 13.2. The standard InChI is InChI=1S/C16H21N5O2/c1-11-3-6-22-5-2-4-21-10-12(8-20-21)16(18)13-7-15(23-11)19-9-14(13)17/h7-11,18H,2-6,17H2,1H3. The van der Waals surface area contributed by atoms with Gasteiger partial charge in [-0.05, 0) is 13.3 Å². The Bertz CT molecular complexity index is 698. The Hall–Kier alpha value is -2.41. The lowest BCUT2D eigenvalue weighted by Crippen LogP contribution is -2.16. The molecule has 2 aromatic heterocycles. The highest BCUT2D eigenvalue weighted by Gasteiger charge is 2.14. The van der Waals surface area contributed by atoms with E-state index < -0.39 is 0 Å². The molecule has 0 spiro atoms. The number of aryl methyl sites for hydroxylation is 1. The number of rotatable bonds is 0. The Morgan fingerprint density at radius 3 is 3.09 bits per heavy atom. The van der Waals surface area contributed by atoms with Crippen LogP contribution in [0, 0.1) is 5.41 Å².